The molecule has 0 bridgehead atoms. The van der Waals surface area contributed by atoms with Crippen LogP contribution < -0.4 is 5.32 Å². The number of aliphatic hydroxyl groups is 1. The Bertz CT molecular complexity index is 322. The van der Waals surface area contributed by atoms with E-state index in [0.29, 0.717) is 25.6 Å². The molecule has 0 aliphatic carbocycles. The minimum absolute atomic E-state index is 0.169. The Kier molecular flexibility index (Phi) is 6.93. The van der Waals surface area contributed by atoms with E-state index in [1.807, 2.05) is 16.9 Å². The van der Waals surface area contributed by atoms with Gasteiger partial charge >= 0.3 is 0 Å². The van der Waals surface area contributed by atoms with Crippen molar-refractivity contribution in [1.29, 1.82) is 0 Å². The standard InChI is InChI=1S/C13H25N3O2/c1-4-11(2)16-7-5-12(15-16)9-14-13(6-8-17)10-18-3/h5,7,11,13-14,17H,4,6,8-10H2,1-3H3. The molecular weight excluding hydrogens is 230 g/mol. The van der Waals surface area contributed by atoms with Gasteiger partial charge < -0.3 is 15.2 Å². The van der Waals surface area contributed by atoms with Crippen LogP contribution in [0.1, 0.15) is 38.4 Å². The SMILES string of the molecule is CCC(C)n1ccc(CNC(CCO)COC)n1. The third-order valence-corrected chi connectivity index (χ3v) is 3.12. The monoisotopic (exact) mass is 255 g/mol. The summed E-state index contributed by atoms with van der Waals surface area (Å²) in [6.07, 6.45) is 3.79. The molecule has 0 fully saturated rings. The lowest BCUT2D eigenvalue weighted by Crippen LogP contribution is -2.33. The molecular formula is C13H25N3O2. The van der Waals surface area contributed by atoms with Crippen LogP contribution >= 0.6 is 0 Å². The average molecular weight is 255 g/mol. The van der Waals surface area contributed by atoms with E-state index < -0.39 is 0 Å². The van der Waals surface area contributed by atoms with Crippen molar-refractivity contribution in [2.24, 2.45) is 0 Å². The molecule has 0 aliphatic rings. The van der Waals surface area contributed by atoms with Gasteiger partial charge in [0, 0.05) is 38.5 Å². The van der Waals surface area contributed by atoms with E-state index in [9.17, 15) is 0 Å². The molecule has 2 atom stereocenters. The molecule has 104 valence electrons. The zero-order valence-corrected chi connectivity index (χ0v) is 11.6. The summed E-state index contributed by atoms with van der Waals surface area (Å²) < 4.78 is 7.10. The second-order valence-electron chi connectivity index (χ2n) is 4.59. The van der Waals surface area contributed by atoms with Gasteiger partial charge in [0.2, 0.25) is 0 Å². The second kappa shape index (κ2) is 8.24. The molecule has 0 amide bonds. The van der Waals surface area contributed by atoms with Crippen LogP contribution in [0.3, 0.4) is 0 Å². The van der Waals surface area contributed by atoms with Gasteiger partial charge in [0.1, 0.15) is 0 Å². The molecule has 0 spiro atoms. The van der Waals surface area contributed by atoms with Gasteiger partial charge in [-0.15, -0.1) is 0 Å². The molecule has 0 aliphatic heterocycles. The quantitative estimate of drug-likeness (QED) is 0.699. The lowest BCUT2D eigenvalue weighted by Gasteiger charge is -2.16. The number of hydrogen-bond acceptors (Lipinski definition) is 4. The highest BCUT2D eigenvalue weighted by Crippen LogP contribution is 2.09. The Morgan fingerprint density at radius 1 is 1.56 bits per heavy atom. The summed E-state index contributed by atoms with van der Waals surface area (Å²) in [5.41, 5.74) is 1.02. The average Bonchev–Trinajstić information content (AvgIpc) is 2.84. The van der Waals surface area contributed by atoms with Crippen molar-refractivity contribution in [3.63, 3.8) is 0 Å². The Hall–Kier alpha value is -0.910. The first-order valence-corrected chi connectivity index (χ1v) is 6.58. The smallest absolute Gasteiger partial charge is 0.0762 e. The zero-order chi connectivity index (χ0) is 13.4. The number of aromatic nitrogens is 2. The van der Waals surface area contributed by atoms with Gasteiger partial charge in [-0.05, 0) is 25.8 Å². The topological polar surface area (TPSA) is 59.3 Å². The van der Waals surface area contributed by atoms with E-state index in [2.05, 4.69) is 24.3 Å². The largest absolute Gasteiger partial charge is 0.396 e. The molecule has 5 heteroatoms. The van der Waals surface area contributed by atoms with Crippen molar-refractivity contribution < 1.29 is 9.84 Å². The summed E-state index contributed by atoms with van der Waals surface area (Å²) in [5, 5.41) is 16.8. The second-order valence-corrected chi connectivity index (χ2v) is 4.59. The van der Waals surface area contributed by atoms with Crippen LogP contribution in [0.2, 0.25) is 0 Å². The molecule has 1 rings (SSSR count). The number of aliphatic hydroxyl groups excluding tert-OH is 1. The number of hydrogen-bond donors (Lipinski definition) is 2. The fourth-order valence-electron chi connectivity index (χ4n) is 1.75. The molecule has 0 saturated heterocycles. The summed E-state index contributed by atoms with van der Waals surface area (Å²) in [4.78, 5) is 0. The highest BCUT2D eigenvalue weighted by molar-refractivity contribution is 4.99. The number of rotatable bonds is 9. The molecule has 1 aromatic heterocycles. The molecule has 5 nitrogen and oxygen atoms in total. The molecule has 0 radical (unpaired) electrons. The van der Waals surface area contributed by atoms with Crippen molar-refractivity contribution >= 4 is 0 Å². The summed E-state index contributed by atoms with van der Waals surface area (Å²) in [5.74, 6) is 0. The predicted octanol–water partition coefficient (Wildman–Crippen LogP) is 1.34. The van der Waals surface area contributed by atoms with Crippen molar-refractivity contribution in [2.45, 2.75) is 45.3 Å². The van der Waals surface area contributed by atoms with Gasteiger partial charge in [-0.2, -0.15) is 5.10 Å². The summed E-state index contributed by atoms with van der Waals surface area (Å²) in [6.45, 7) is 5.79. The van der Waals surface area contributed by atoms with E-state index in [-0.39, 0.29) is 12.6 Å². The van der Waals surface area contributed by atoms with Gasteiger partial charge in [0.25, 0.3) is 0 Å². The first-order chi connectivity index (χ1) is 8.71. The van der Waals surface area contributed by atoms with Crippen molar-refractivity contribution in [2.75, 3.05) is 20.3 Å². The van der Waals surface area contributed by atoms with Crippen molar-refractivity contribution in [3.05, 3.63) is 18.0 Å². The minimum Gasteiger partial charge on any atom is -0.396 e. The van der Waals surface area contributed by atoms with E-state index >= 15 is 0 Å². The van der Waals surface area contributed by atoms with E-state index in [4.69, 9.17) is 9.84 Å². The fraction of sp³-hybridized carbons (Fsp3) is 0.769. The predicted molar refractivity (Wildman–Crippen MR) is 71.4 cm³/mol. The van der Waals surface area contributed by atoms with Crippen LogP contribution in [0.5, 0.6) is 0 Å². The van der Waals surface area contributed by atoms with Gasteiger partial charge in [0.05, 0.1) is 12.3 Å². The maximum absolute atomic E-state index is 8.95. The zero-order valence-electron chi connectivity index (χ0n) is 11.6. The van der Waals surface area contributed by atoms with Crippen LogP contribution in [0, 0.1) is 0 Å². The normalized spacial score (nSPS) is 14.7. The Labute approximate surface area is 109 Å². The number of ether oxygens (including phenoxy) is 1. The Morgan fingerprint density at radius 2 is 2.33 bits per heavy atom. The van der Waals surface area contributed by atoms with Gasteiger partial charge in [-0.25, -0.2) is 0 Å². The van der Waals surface area contributed by atoms with Gasteiger partial charge in [0.15, 0.2) is 0 Å². The summed E-state index contributed by atoms with van der Waals surface area (Å²) >= 11 is 0. The van der Waals surface area contributed by atoms with Crippen LogP contribution in [0.15, 0.2) is 12.3 Å². The van der Waals surface area contributed by atoms with E-state index in [1.165, 1.54) is 0 Å². The summed E-state index contributed by atoms with van der Waals surface area (Å²) in [7, 11) is 1.67. The van der Waals surface area contributed by atoms with Crippen LogP contribution in [0.25, 0.3) is 0 Å². The molecule has 2 unspecified atom stereocenters. The van der Waals surface area contributed by atoms with Crippen LogP contribution in [0.4, 0.5) is 0 Å². The maximum atomic E-state index is 8.95. The van der Waals surface area contributed by atoms with Crippen LogP contribution in [-0.2, 0) is 11.3 Å². The fourth-order valence-corrected chi connectivity index (χ4v) is 1.75. The number of methoxy groups -OCH3 is 1. The molecule has 1 aromatic rings. The van der Waals surface area contributed by atoms with Gasteiger partial charge in [-0.3, -0.25) is 4.68 Å². The Balaban J connectivity index is 2.44. The highest BCUT2D eigenvalue weighted by atomic mass is 16.5. The van der Waals surface area contributed by atoms with Gasteiger partial charge in [-0.1, -0.05) is 6.92 Å². The molecule has 18 heavy (non-hydrogen) atoms. The minimum atomic E-state index is 0.169. The highest BCUT2D eigenvalue weighted by Gasteiger charge is 2.09. The van der Waals surface area contributed by atoms with Crippen LogP contribution in [-0.4, -0.2) is 41.3 Å². The molecule has 0 aromatic carbocycles. The van der Waals surface area contributed by atoms with Crippen molar-refractivity contribution in [1.82, 2.24) is 15.1 Å². The maximum Gasteiger partial charge on any atom is 0.0762 e. The Morgan fingerprint density at radius 3 is 2.94 bits per heavy atom. The van der Waals surface area contributed by atoms with Crippen molar-refractivity contribution in [3.8, 4) is 0 Å². The molecule has 1 heterocycles. The lowest BCUT2D eigenvalue weighted by atomic mass is 10.2. The van der Waals surface area contributed by atoms with E-state index in [1.54, 1.807) is 7.11 Å². The number of nitrogens with one attached hydrogen (secondary N) is 1. The lowest BCUT2D eigenvalue weighted by molar-refractivity contribution is 0.147. The number of nitrogens with zero attached hydrogens (tertiary/aromatic N) is 2. The molecule has 2 N–H and O–H groups in total. The third kappa shape index (κ3) is 4.76. The third-order valence-electron chi connectivity index (χ3n) is 3.12. The molecule has 0 saturated carbocycles. The first-order valence-electron chi connectivity index (χ1n) is 6.58. The van der Waals surface area contributed by atoms with E-state index in [0.717, 1.165) is 12.1 Å². The summed E-state index contributed by atoms with van der Waals surface area (Å²) in [6, 6.07) is 2.64. The first kappa shape index (κ1) is 15.1.